The summed E-state index contributed by atoms with van der Waals surface area (Å²) in [5.74, 6) is 0.177. The fourth-order valence-electron chi connectivity index (χ4n) is 2.13. The minimum Gasteiger partial charge on any atom is -0.449 e. The monoisotopic (exact) mass is 520 g/mol. The number of sulfone groups is 1. The maximum atomic E-state index is 12.4. The summed E-state index contributed by atoms with van der Waals surface area (Å²) in [7, 11) is -3.39. The van der Waals surface area contributed by atoms with E-state index in [1.165, 1.54) is 0 Å². The van der Waals surface area contributed by atoms with Crippen molar-refractivity contribution in [3.63, 3.8) is 0 Å². The van der Waals surface area contributed by atoms with Crippen molar-refractivity contribution in [1.29, 1.82) is 0 Å². The molecule has 0 saturated heterocycles. The molecule has 0 bridgehead atoms. The fourth-order valence-corrected chi connectivity index (χ4v) is 5.05. The molecule has 12 nitrogen and oxygen atoms in total. The standard InChI is InChI=1S/C18H28N6O6S3/c1-11(2)9-29-17(25)19-15-23-21-13(31-15)5-7-33(27,28)8-6-14-22-24-16(32-14)20-18(26)30-10-12(3)4/h11-12H,5-10H2,1-4H3,(H,19,23,25)(H,20,24,26). The van der Waals surface area contributed by atoms with Crippen LogP contribution in [0.2, 0.25) is 0 Å². The summed E-state index contributed by atoms with van der Waals surface area (Å²) in [6.07, 6.45) is -0.906. The zero-order chi connectivity index (χ0) is 24.4. The van der Waals surface area contributed by atoms with Crippen molar-refractivity contribution in [2.45, 2.75) is 40.5 Å². The Labute approximate surface area is 200 Å². The number of nitrogens with one attached hydrogen (secondary N) is 2. The Morgan fingerprint density at radius 2 is 1.18 bits per heavy atom. The fraction of sp³-hybridized carbons (Fsp3) is 0.667. The molecule has 0 fully saturated rings. The van der Waals surface area contributed by atoms with Crippen LogP contribution in [0.4, 0.5) is 19.9 Å². The van der Waals surface area contributed by atoms with Gasteiger partial charge in [-0.15, -0.1) is 20.4 Å². The zero-order valence-electron chi connectivity index (χ0n) is 18.9. The second kappa shape index (κ2) is 12.7. The number of hydrogen-bond donors (Lipinski definition) is 2. The Morgan fingerprint density at radius 1 is 0.788 bits per heavy atom. The number of anilines is 2. The number of ether oxygens (including phenoxy) is 2. The molecule has 0 aliphatic rings. The number of hydrogen-bond acceptors (Lipinski definition) is 12. The van der Waals surface area contributed by atoms with Gasteiger partial charge in [0.1, 0.15) is 10.0 Å². The first-order chi connectivity index (χ1) is 15.5. The minimum atomic E-state index is -3.39. The molecule has 2 aromatic heterocycles. The smallest absolute Gasteiger partial charge is 0.413 e. The van der Waals surface area contributed by atoms with Gasteiger partial charge in [0, 0.05) is 12.8 Å². The third kappa shape index (κ3) is 10.9. The topological polar surface area (TPSA) is 162 Å². The molecule has 0 atom stereocenters. The van der Waals surface area contributed by atoms with E-state index in [0.29, 0.717) is 10.0 Å². The van der Waals surface area contributed by atoms with E-state index in [-0.39, 0.29) is 59.7 Å². The first-order valence-electron chi connectivity index (χ1n) is 10.2. The van der Waals surface area contributed by atoms with E-state index in [4.69, 9.17) is 9.47 Å². The van der Waals surface area contributed by atoms with Gasteiger partial charge in [0.15, 0.2) is 9.84 Å². The average Bonchev–Trinajstić information content (AvgIpc) is 3.37. The van der Waals surface area contributed by atoms with E-state index in [2.05, 4.69) is 31.0 Å². The Kier molecular flexibility index (Phi) is 10.4. The molecule has 2 amide bonds. The Hall–Kier alpha value is -2.39. The Balaban J connectivity index is 1.75. The van der Waals surface area contributed by atoms with E-state index in [9.17, 15) is 18.0 Å². The van der Waals surface area contributed by atoms with Crippen molar-refractivity contribution in [3.05, 3.63) is 10.0 Å². The minimum absolute atomic E-state index is 0.120. The number of amides is 2. The molecule has 184 valence electrons. The Bertz CT molecular complexity index is 946. The van der Waals surface area contributed by atoms with Crippen molar-refractivity contribution in [2.75, 3.05) is 35.4 Å². The van der Waals surface area contributed by atoms with Crippen molar-refractivity contribution in [2.24, 2.45) is 11.8 Å². The number of carbonyl (C=O) groups is 2. The van der Waals surface area contributed by atoms with Crippen LogP contribution < -0.4 is 10.6 Å². The van der Waals surface area contributed by atoms with Gasteiger partial charge in [-0.1, -0.05) is 50.4 Å². The molecule has 0 aliphatic carbocycles. The molecule has 0 aliphatic heterocycles. The van der Waals surface area contributed by atoms with E-state index < -0.39 is 22.0 Å². The highest BCUT2D eigenvalue weighted by Gasteiger charge is 2.17. The highest BCUT2D eigenvalue weighted by molar-refractivity contribution is 7.91. The second-order valence-corrected chi connectivity index (χ2v) is 12.3. The van der Waals surface area contributed by atoms with Crippen molar-refractivity contribution in [3.8, 4) is 0 Å². The molecule has 0 aromatic carbocycles. The van der Waals surface area contributed by atoms with E-state index in [1.807, 2.05) is 27.7 Å². The normalized spacial score (nSPS) is 11.6. The summed E-state index contributed by atoms with van der Waals surface area (Å²) in [5, 5.41) is 21.9. The number of nitrogens with zero attached hydrogens (tertiary/aromatic N) is 4. The van der Waals surface area contributed by atoms with Crippen molar-refractivity contribution in [1.82, 2.24) is 20.4 Å². The highest BCUT2D eigenvalue weighted by Crippen LogP contribution is 2.18. The zero-order valence-corrected chi connectivity index (χ0v) is 21.3. The van der Waals surface area contributed by atoms with E-state index >= 15 is 0 Å². The van der Waals surface area contributed by atoms with E-state index in [1.54, 1.807) is 0 Å². The second-order valence-electron chi connectivity index (χ2n) is 7.89. The summed E-state index contributed by atoms with van der Waals surface area (Å²) >= 11 is 2.19. The molecular weight excluding hydrogens is 492 g/mol. The predicted molar refractivity (Wildman–Crippen MR) is 125 cm³/mol. The van der Waals surface area contributed by atoms with Gasteiger partial charge in [0.25, 0.3) is 0 Å². The molecule has 2 heterocycles. The lowest BCUT2D eigenvalue weighted by Crippen LogP contribution is -2.16. The highest BCUT2D eigenvalue weighted by atomic mass is 32.2. The number of aryl methyl sites for hydroxylation is 2. The van der Waals surface area contributed by atoms with Crippen LogP contribution in [0.1, 0.15) is 37.7 Å². The van der Waals surface area contributed by atoms with Gasteiger partial charge in [-0.25, -0.2) is 18.0 Å². The van der Waals surface area contributed by atoms with Crippen LogP contribution in [0, 0.1) is 11.8 Å². The molecule has 33 heavy (non-hydrogen) atoms. The summed E-state index contributed by atoms with van der Waals surface area (Å²) in [6.45, 7) is 8.24. The third-order valence-electron chi connectivity index (χ3n) is 3.70. The van der Waals surface area contributed by atoms with Gasteiger partial charge in [-0.05, 0) is 11.8 Å². The summed E-state index contributed by atoms with van der Waals surface area (Å²) < 4.78 is 34.8. The van der Waals surface area contributed by atoms with Gasteiger partial charge in [0.05, 0.1) is 24.7 Å². The molecule has 15 heteroatoms. The average molecular weight is 521 g/mol. The largest absolute Gasteiger partial charge is 0.449 e. The lowest BCUT2D eigenvalue weighted by molar-refractivity contribution is 0.147. The molecule has 0 saturated carbocycles. The van der Waals surface area contributed by atoms with Crippen LogP contribution in [-0.2, 0) is 32.2 Å². The number of carbonyl (C=O) groups excluding carboxylic acids is 2. The van der Waals surface area contributed by atoms with Gasteiger partial charge in [-0.2, -0.15) is 0 Å². The molecule has 2 N–H and O–H groups in total. The molecule has 0 spiro atoms. The SMILES string of the molecule is CC(C)COC(=O)Nc1nnc(CCS(=O)(=O)CCc2nnc(NC(=O)OCC(C)C)s2)s1. The van der Waals surface area contributed by atoms with Crippen LogP contribution in [-0.4, -0.2) is 65.7 Å². The maximum Gasteiger partial charge on any atom is 0.413 e. The summed E-state index contributed by atoms with van der Waals surface area (Å²) in [4.78, 5) is 23.3. The van der Waals surface area contributed by atoms with Crippen LogP contribution in [0.15, 0.2) is 0 Å². The van der Waals surface area contributed by atoms with Gasteiger partial charge < -0.3 is 9.47 Å². The molecular formula is C18H28N6O6S3. The van der Waals surface area contributed by atoms with Crippen molar-refractivity contribution >= 4 is 55.0 Å². The van der Waals surface area contributed by atoms with Crippen LogP contribution >= 0.6 is 22.7 Å². The van der Waals surface area contributed by atoms with Crippen LogP contribution in [0.25, 0.3) is 0 Å². The summed E-state index contributed by atoms with van der Waals surface area (Å²) in [6, 6.07) is 0. The number of aromatic nitrogens is 4. The van der Waals surface area contributed by atoms with Crippen LogP contribution in [0.5, 0.6) is 0 Å². The van der Waals surface area contributed by atoms with Gasteiger partial charge >= 0.3 is 12.2 Å². The Morgan fingerprint density at radius 3 is 1.55 bits per heavy atom. The molecule has 2 rings (SSSR count). The molecule has 0 unspecified atom stereocenters. The molecule has 2 aromatic rings. The van der Waals surface area contributed by atoms with Crippen molar-refractivity contribution < 1.29 is 27.5 Å². The number of rotatable bonds is 12. The van der Waals surface area contributed by atoms with Crippen LogP contribution in [0.3, 0.4) is 0 Å². The maximum absolute atomic E-state index is 12.4. The third-order valence-corrected chi connectivity index (χ3v) is 7.15. The first-order valence-corrected chi connectivity index (χ1v) is 13.7. The summed E-state index contributed by atoms with van der Waals surface area (Å²) in [5.41, 5.74) is 0. The van der Waals surface area contributed by atoms with Gasteiger partial charge in [0.2, 0.25) is 10.3 Å². The molecule has 0 radical (unpaired) electrons. The lowest BCUT2D eigenvalue weighted by atomic mass is 10.2. The first kappa shape index (κ1) is 26.9. The quantitative estimate of drug-likeness (QED) is 0.425. The predicted octanol–water partition coefficient (Wildman–Crippen LogP) is 3.00. The van der Waals surface area contributed by atoms with Gasteiger partial charge in [-0.3, -0.25) is 10.6 Å². The van der Waals surface area contributed by atoms with E-state index in [0.717, 1.165) is 22.7 Å². The lowest BCUT2D eigenvalue weighted by Gasteiger charge is -2.06.